The Bertz CT molecular complexity index is 938. The third-order valence-electron chi connectivity index (χ3n) is 5.24. The summed E-state index contributed by atoms with van der Waals surface area (Å²) in [4.78, 5) is 27.0. The Kier molecular flexibility index (Phi) is 4.45. The molecule has 4 rings (SSSR count). The quantitative estimate of drug-likeness (QED) is 0.776. The van der Waals surface area contributed by atoms with Gasteiger partial charge < -0.3 is 9.88 Å². The maximum Gasteiger partial charge on any atom is 0.253 e. The van der Waals surface area contributed by atoms with Crippen LogP contribution in [0.15, 0.2) is 36.5 Å². The normalized spacial score (nSPS) is 15.5. The fourth-order valence-electron chi connectivity index (χ4n) is 3.50. The Morgan fingerprint density at radius 1 is 1.23 bits per heavy atom. The Balaban J connectivity index is 1.62. The van der Waals surface area contributed by atoms with E-state index in [-0.39, 0.29) is 5.91 Å². The standard InChI is InChI=1S/C21H24N4O/c1-3-19-23-18-12-17(13-22-20(18)24-19)15-5-4-6-16(11-15)21(26)25-9-7-14(2)8-10-25/h4-6,11-14H,3,7-10H2,1-2H3,(H,22,23,24). The zero-order valence-electron chi connectivity index (χ0n) is 15.3. The highest BCUT2D eigenvalue weighted by molar-refractivity contribution is 5.95. The van der Waals surface area contributed by atoms with Crippen LogP contribution < -0.4 is 0 Å². The lowest BCUT2D eigenvalue weighted by Gasteiger charge is -2.30. The first kappa shape index (κ1) is 16.8. The van der Waals surface area contributed by atoms with E-state index in [1.807, 2.05) is 35.4 Å². The first-order chi connectivity index (χ1) is 12.6. The molecular formula is C21H24N4O. The summed E-state index contributed by atoms with van der Waals surface area (Å²) in [5, 5.41) is 0. The minimum atomic E-state index is 0.127. The number of benzene rings is 1. The Morgan fingerprint density at radius 3 is 2.81 bits per heavy atom. The number of hydrogen-bond acceptors (Lipinski definition) is 3. The number of hydrogen-bond donors (Lipinski definition) is 1. The second kappa shape index (κ2) is 6.90. The second-order valence-corrected chi connectivity index (χ2v) is 7.19. The average Bonchev–Trinajstić information content (AvgIpc) is 3.10. The van der Waals surface area contributed by atoms with Crippen molar-refractivity contribution in [2.45, 2.75) is 33.1 Å². The minimum Gasteiger partial charge on any atom is -0.341 e. The number of aromatic amines is 1. The third-order valence-corrected chi connectivity index (χ3v) is 5.24. The molecule has 134 valence electrons. The van der Waals surface area contributed by atoms with Gasteiger partial charge in [-0.05, 0) is 42.5 Å². The molecular weight excluding hydrogens is 324 g/mol. The zero-order valence-corrected chi connectivity index (χ0v) is 15.3. The predicted octanol–water partition coefficient (Wildman–Crippen LogP) is 4.06. The van der Waals surface area contributed by atoms with Gasteiger partial charge >= 0.3 is 0 Å². The van der Waals surface area contributed by atoms with Crippen LogP contribution in [-0.2, 0) is 6.42 Å². The van der Waals surface area contributed by atoms with E-state index in [1.54, 1.807) is 0 Å². The van der Waals surface area contributed by atoms with E-state index < -0.39 is 0 Å². The van der Waals surface area contributed by atoms with Crippen molar-refractivity contribution in [3.05, 3.63) is 47.9 Å². The lowest BCUT2D eigenvalue weighted by Crippen LogP contribution is -2.37. The van der Waals surface area contributed by atoms with Gasteiger partial charge in [-0.3, -0.25) is 4.79 Å². The molecule has 5 heteroatoms. The lowest BCUT2D eigenvalue weighted by molar-refractivity contribution is 0.0697. The molecule has 1 amide bonds. The van der Waals surface area contributed by atoms with Crippen LogP contribution in [0.5, 0.6) is 0 Å². The van der Waals surface area contributed by atoms with Crippen LogP contribution in [0, 0.1) is 5.92 Å². The molecule has 1 saturated heterocycles. The highest BCUT2D eigenvalue weighted by Gasteiger charge is 2.21. The van der Waals surface area contributed by atoms with Gasteiger partial charge in [0, 0.05) is 36.8 Å². The number of carbonyl (C=O) groups excluding carboxylic acids is 1. The van der Waals surface area contributed by atoms with Crippen molar-refractivity contribution in [1.29, 1.82) is 0 Å². The number of fused-ring (bicyclic) bond motifs is 1. The minimum absolute atomic E-state index is 0.127. The van der Waals surface area contributed by atoms with Gasteiger partial charge in [0.25, 0.3) is 5.91 Å². The van der Waals surface area contributed by atoms with Gasteiger partial charge in [-0.25, -0.2) is 9.97 Å². The van der Waals surface area contributed by atoms with Crippen molar-refractivity contribution < 1.29 is 4.79 Å². The molecule has 0 bridgehead atoms. The zero-order chi connectivity index (χ0) is 18.1. The van der Waals surface area contributed by atoms with Gasteiger partial charge in [0.2, 0.25) is 0 Å². The molecule has 0 unspecified atom stereocenters. The molecule has 1 fully saturated rings. The molecule has 26 heavy (non-hydrogen) atoms. The Labute approximate surface area is 153 Å². The molecule has 5 nitrogen and oxygen atoms in total. The molecule has 3 aromatic rings. The summed E-state index contributed by atoms with van der Waals surface area (Å²) in [6, 6.07) is 9.90. The SMILES string of the molecule is CCc1nc2ncc(-c3cccc(C(=O)N4CCC(C)CC4)c3)cc2[nH]1. The van der Waals surface area contributed by atoms with E-state index >= 15 is 0 Å². The largest absolute Gasteiger partial charge is 0.341 e. The van der Waals surface area contributed by atoms with Crippen molar-refractivity contribution in [2.75, 3.05) is 13.1 Å². The topological polar surface area (TPSA) is 61.9 Å². The van der Waals surface area contributed by atoms with Crippen molar-refractivity contribution in [2.24, 2.45) is 5.92 Å². The molecule has 1 aromatic carbocycles. The van der Waals surface area contributed by atoms with E-state index in [9.17, 15) is 4.79 Å². The highest BCUT2D eigenvalue weighted by atomic mass is 16.2. The maximum atomic E-state index is 12.8. The van der Waals surface area contributed by atoms with Crippen LogP contribution in [-0.4, -0.2) is 38.8 Å². The number of nitrogens with one attached hydrogen (secondary N) is 1. The van der Waals surface area contributed by atoms with E-state index in [4.69, 9.17) is 0 Å². The summed E-state index contributed by atoms with van der Waals surface area (Å²) >= 11 is 0. The summed E-state index contributed by atoms with van der Waals surface area (Å²) < 4.78 is 0. The van der Waals surface area contributed by atoms with Crippen molar-refractivity contribution in [3.8, 4) is 11.1 Å². The smallest absolute Gasteiger partial charge is 0.253 e. The molecule has 1 aliphatic rings. The summed E-state index contributed by atoms with van der Waals surface area (Å²) in [5.74, 6) is 1.78. The van der Waals surface area contributed by atoms with Crippen LogP contribution in [0.1, 0.15) is 42.9 Å². The number of pyridine rings is 1. The van der Waals surface area contributed by atoms with E-state index in [1.165, 1.54) is 0 Å². The van der Waals surface area contributed by atoms with Gasteiger partial charge in [-0.15, -0.1) is 0 Å². The number of amides is 1. The van der Waals surface area contributed by atoms with Crippen molar-refractivity contribution >= 4 is 17.1 Å². The van der Waals surface area contributed by atoms with Gasteiger partial charge in [-0.2, -0.15) is 0 Å². The van der Waals surface area contributed by atoms with Gasteiger partial charge in [0.15, 0.2) is 5.65 Å². The van der Waals surface area contributed by atoms with Crippen molar-refractivity contribution in [1.82, 2.24) is 19.9 Å². The third kappa shape index (κ3) is 3.21. The lowest BCUT2D eigenvalue weighted by atomic mass is 9.98. The summed E-state index contributed by atoms with van der Waals surface area (Å²) in [6.07, 6.45) is 4.86. The number of aryl methyl sites for hydroxylation is 1. The molecule has 2 aromatic heterocycles. The van der Waals surface area contributed by atoms with Crippen LogP contribution in [0.3, 0.4) is 0 Å². The summed E-state index contributed by atoms with van der Waals surface area (Å²) in [6.45, 7) is 6.03. The second-order valence-electron chi connectivity index (χ2n) is 7.19. The average molecular weight is 348 g/mol. The maximum absolute atomic E-state index is 12.8. The number of rotatable bonds is 3. The van der Waals surface area contributed by atoms with Crippen molar-refractivity contribution in [3.63, 3.8) is 0 Å². The van der Waals surface area contributed by atoms with E-state index in [2.05, 4.69) is 34.9 Å². The molecule has 1 aliphatic heterocycles. The molecule has 0 aliphatic carbocycles. The first-order valence-corrected chi connectivity index (χ1v) is 9.38. The number of aromatic nitrogens is 3. The fraction of sp³-hybridized carbons (Fsp3) is 0.381. The first-order valence-electron chi connectivity index (χ1n) is 9.38. The molecule has 1 N–H and O–H groups in total. The van der Waals surface area contributed by atoms with Crippen LogP contribution >= 0.6 is 0 Å². The molecule has 0 spiro atoms. The molecule has 3 heterocycles. The molecule has 0 radical (unpaired) electrons. The van der Waals surface area contributed by atoms with E-state index in [0.717, 1.165) is 66.0 Å². The van der Waals surface area contributed by atoms with Crippen LogP contribution in [0.4, 0.5) is 0 Å². The number of nitrogens with zero attached hydrogens (tertiary/aromatic N) is 3. The monoisotopic (exact) mass is 348 g/mol. The van der Waals surface area contributed by atoms with Crippen LogP contribution in [0.2, 0.25) is 0 Å². The van der Waals surface area contributed by atoms with Gasteiger partial charge in [0.05, 0.1) is 5.52 Å². The summed E-state index contributed by atoms with van der Waals surface area (Å²) in [7, 11) is 0. The van der Waals surface area contributed by atoms with Crippen LogP contribution in [0.25, 0.3) is 22.3 Å². The Hall–Kier alpha value is -2.69. The number of likely N-dealkylation sites (tertiary alicyclic amines) is 1. The number of carbonyl (C=O) groups is 1. The van der Waals surface area contributed by atoms with Gasteiger partial charge in [-0.1, -0.05) is 26.0 Å². The highest BCUT2D eigenvalue weighted by Crippen LogP contribution is 2.24. The van der Waals surface area contributed by atoms with Gasteiger partial charge in [0.1, 0.15) is 5.82 Å². The fourth-order valence-corrected chi connectivity index (χ4v) is 3.50. The molecule has 0 atom stereocenters. The number of H-pyrrole nitrogens is 1. The molecule has 0 saturated carbocycles. The summed E-state index contributed by atoms with van der Waals surface area (Å²) in [5.41, 5.74) is 4.41. The number of piperidine rings is 1. The Morgan fingerprint density at radius 2 is 2.04 bits per heavy atom. The number of imidazole rings is 1. The van der Waals surface area contributed by atoms with E-state index in [0.29, 0.717) is 5.92 Å². The predicted molar refractivity (Wildman–Crippen MR) is 103 cm³/mol.